The van der Waals surface area contributed by atoms with Crippen molar-refractivity contribution in [1.82, 2.24) is 9.88 Å². The molecule has 0 saturated heterocycles. The topological polar surface area (TPSA) is 50.0 Å². The fourth-order valence-corrected chi connectivity index (χ4v) is 1.41. The highest BCUT2D eigenvalue weighted by molar-refractivity contribution is 5.28. The smallest absolute Gasteiger partial charge is 0.371 e. The molecule has 100 valence electrons. The number of rotatable bonds is 6. The Morgan fingerprint density at radius 3 is 2.78 bits per heavy atom. The van der Waals surface area contributed by atoms with Crippen LogP contribution in [-0.2, 0) is 18.3 Å². The zero-order valence-corrected chi connectivity index (χ0v) is 9.92. The van der Waals surface area contributed by atoms with Crippen LogP contribution < -0.4 is 5.32 Å². The SMILES string of the molecule is Cn1cc(CNCCOCC(F)(F)F)cc1C#N. The van der Waals surface area contributed by atoms with Crippen molar-refractivity contribution in [2.45, 2.75) is 12.7 Å². The molecule has 1 aromatic heterocycles. The molecule has 1 aromatic rings. The normalized spacial score (nSPS) is 11.5. The van der Waals surface area contributed by atoms with E-state index in [0.29, 0.717) is 18.8 Å². The van der Waals surface area contributed by atoms with Gasteiger partial charge in [-0.1, -0.05) is 0 Å². The molecular formula is C11H14F3N3O. The number of ether oxygens (including phenoxy) is 1. The number of hydrogen-bond acceptors (Lipinski definition) is 3. The molecule has 0 fully saturated rings. The highest BCUT2D eigenvalue weighted by atomic mass is 19.4. The maximum atomic E-state index is 11.7. The Morgan fingerprint density at radius 2 is 2.22 bits per heavy atom. The van der Waals surface area contributed by atoms with Gasteiger partial charge >= 0.3 is 6.18 Å². The van der Waals surface area contributed by atoms with Crippen LogP contribution in [0.5, 0.6) is 0 Å². The molecular weight excluding hydrogens is 247 g/mol. The average Bonchev–Trinajstić information content (AvgIpc) is 2.62. The summed E-state index contributed by atoms with van der Waals surface area (Å²) in [5.41, 5.74) is 1.45. The molecule has 0 spiro atoms. The highest BCUT2D eigenvalue weighted by Crippen LogP contribution is 2.13. The van der Waals surface area contributed by atoms with E-state index in [4.69, 9.17) is 5.26 Å². The molecule has 0 aromatic carbocycles. The molecule has 0 aliphatic rings. The monoisotopic (exact) mass is 261 g/mol. The van der Waals surface area contributed by atoms with Crippen molar-refractivity contribution in [3.8, 4) is 6.07 Å². The molecule has 7 heteroatoms. The number of aryl methyl sites for hydroxylation is 1. The Hall–Kier alpha value is -1.52. The van der Waals surface area contributed by atoms with Crippen LogP contribution >= 0.6 is 0 Å². The summed E-state index contributed by atoms with van der Waals surface area (Å²) in [5.74, 6) is 0. The molecule has 0 aliphatic carbocycles. The van der Waals surface area contributed by atoms with Crippen LogP contribution in [-0.4, -0.2) is 30.5 Å². The standard InChI is InChI=1S/C11H14F3N3O/c1-17-7-9(4-10(17)5-15)6-16-2-3-18-8-11(12,13)14/h4,7,16H,2-3,6,8H2,1H3. The Balaban J connectivity index is 2.16. The van der Waals surface area contributed by atoms with Crippen LogP contribution in [0.2, 0.25) is 0 Å². The molecule has 4 nitrogen and oxygen atoms in total. The van der Waals surface area contributed by atoms with Gasteiger partial charge in [-0.05, 0) is 11.6 Å². The molecule has 0 unspecified atom stereocenters. The van der Waals surface area contributed by atoms with Crippen LogP contribution in [0.15, 0.2) is 12.3 Å². The zero-order valence-electron chi connectivity index (χ0n) is 9.92. The van der Waals surface area contributed by atoms with E-state index in [1.165, 1.54) is 0 Å². The lowest BCUT2D eigenvalue weighted by Gasteiger charge is -2.07. The van der Waals surface area contributed by atoms with Gasteiger partial charge < -0.3 is 14.6 Å². The van der Waals surface area contributed by atoms with Gasteiger partial charge in [0.25, 0.3) is 0 Å². The number of halogens is 3. The highest BCUT2D eigenvalue weighted by Gasteiger charge is 2.27. The second-order valence-electron chi connectivity index (χ2n) is 3.80. The first-order valence-electron chi connectivity index (χ1n) is 5.33. The van der Waals surface area contributed by atoms with Crippen LogP contribution in [0, 0.1) is 11.3 Å². The minimum atomic E-state index is -4.28. The zero-order chi connectivity index (χ0) is 13.6. The molecule has 1 N–H and O–H groups in total. The van der Waals surface area contributed by atoms with Crippen LogP contribution in [0.25, 0.3) is 0 Å². The third-order valence-electron chi connectivity index (χ3n) is 2.19. The summed E-state index contributed by atoms with van der Waals surface area (Å²) >= 11 is 0. The van der Waals surface area contributed by atoms with Gasteiger partial charge in [0.2, 0.25) is 0 Å². The van der Waals surface area contributed by atoms with Crippen molar-refractivity contribution < 1.29 is 17.9 Å². The van der Waals surface area contributed by atoms with Crippen LogP contribution in [0.4, 0.5) is 13.2 Å². The van der Waals surface area contributed by atoms with Gasteiger partial charge in [-0.3, -0.25) is 0 Å². The van der Waals surface area contributed by atoms with E-state index >= 15 is 0 Å². The Kier molecular flexibility index (Phi) is 5.19. The Morgan fingerprint density at radius 1 is 1.50 bits per heavy atom. The predicted octanol–water partition coefficient (Wildman–Crippen LogP) is 1.57. The van der Waals surface area contributed by atoms with Crippen LogP contribution in [0.1, 0.15) is 11.3 Å². The first-order chi connectivity index (χ1) is 8.42. The average molecular weight is 261 g/mol. The summed E-state index contributed by atoms with van der Waals surface area (Å²) < 4.78 is 41.3. The van der Waals surface area contributed by atoms with Crippen molar-refractivity contribution in [3.05, 3.63) is 23.5 Å². The van der Waals surface area contributed by atoms with E-state index in [-0.39, 0.29) is 6.61 Å². The summed E-state index contributed by atoms with van der Waals surface area (Å²) in [6.45, 7) is -0.409. The maximum absolute atomic E-state index is 11.7. The van der Waals surface area contributed by atoms with E-state index in [9.17, 15) is 13.2 Å². The van der Waals surface area contributed by atoms with E-state index in [2.05, 4.69) is 10.1 Å². The van der Waals surface area contributed by atoms with Gasteiger partial charge in [0, 0.05) is 26.3 Å². The largest absolute Gasteiger partial charge is 0.411 e. The fraction of sp³-hybridized carbons (Fsp3) is 0.545. The van der Waals surface area contributed by atoms with Crippen molar-refractivity contribution in [2.75, 3.05) is 19.8 Å². The van der Waals surface area contributed by atoms with E-state index < -0.39 is 12.8 Å². The first-order valence-corrected chi connectivity index (χ1v) is 5.33. The van der Waals surface area contributed by atoms with E-state index in [0.717, 1.165) is 5.56 Å². The molecule has 0 aliphatic heterocycles. The summed E-state index contributed by atoms with van der Waals surface area (Å²) in [6, 6.07) is 3.75. The van der Waals surface area contributed by atoms with E-state index in [1.807, 2.05) is 6.07 Å². The van der Waals surface area contributed by atoms with Crippen LogP contribution in [0.3, 0.4) is 0 Å². The van der Waals surface area contributed by atoms with Gasteiger partial charge in [-0.2, -0.15) is 18.4 Å². The summed E-state index contributed by atoms with van der Waals surface area (Å²) in [4.78, 5) is 0. The van der Waals surface area contributed by atoms with Crippen molar-refractivity contribution in [1.29, 1.82) is 5.26 Å². The summed E-state index contributed by atoms with van der Waals surface area (Å²) in [5, 5.41) is 11.7. The van der Waals surface area contributed by atoms with Crippen molar-refractivity contribution in [3.63, 3.8) is 0 Å². The Bertz CT molecular complexity index is 420. The van der Waals surface area contributed by atoms with Gasteiger partial charge in [0.1, 0.15) is 18.4 Å². The molecule has 0 atom stereocenters. The number of hydrogen-bond donors (Lipinski definition) is 1. The van der Waals surface area contributed by atoms with Gasteiger partial charge in [0.15, 0.2) is 0 Å². The second kappa shape index (κ2) is 6.42. The van der Waals surface area contributed by atoms with Crippen molar-refractivity contribution >= 4 is 0 Å². The lowest BCUT2D eigenvalue weighted by molar-refractivity contribution is -0.173. The summed E-state index contributed by atoms with van der Waals surface area (Å²) in [6.07, 6.45) is -2.48. The lowest BCUT2D eigenvalue weighted by Crippen LogP contribution is -2.23. The maximum Gasteiger partial charge on any atom is 0.411 e. The minimum absolute atomic E-state index is 0.00253. The number of nitriles is 1. The van der Waals surface area contributed by atoms with E-state index in [1.54, 1.807) is 23.9 Å². The lowest BCUT2D eigenvalue weighted by atomic mass is 10.3. The second-order valence-corrected chi connectivity index (χ2v) is 3.80. The number of aromatic nitrogens is 1. The number of alkyl halides is 3. The first kappa shape index (κ1) is 14.5. The number of nitrogens with zero attached hydrogens (tertiary/aromatic N) is 2. The van der Waals surface area contributed by atoms with Crippen molar-refractivity contribution in [2.24, 2.45) is 7.05 Å². The molecule has 0 radical (unpaired) electrons. The molecule has 1 rings (SSSR count). The quantitative estimate of drug-likeness (QED) is 0.791. The predicted molar refractivity (Wildman–Crippen MR) is 58.7 cm³/mol. The summed E-state index contributed by atoms with van der Waals surface area (Å²) in [7, 11) is 1.76. The molecule has 18 heavy (non-hydrogen) atoms. The molecule has 0 bridgehead atoms. The number of nitrogens with one attached hydrogen (secondary N) is 1. The third kappa shape index (κ3) is 5.21. The molecule has 0 amide bonds. The fourth-order valence-electron chi connectivity index (χ4n) is 1.41. The van der Waals surface area contributed by atoms with Gasteiger partial charge in [0.05, 0.1) is 6.61 Å². The van der Waals surface area contributed by atoms with Gasteiger partial charge in [-0.15, -0.1) is 0 Å². The minimum Gasteiger partial charge on any atom is -0.371 e. The molecule has 0 saturated carbocycles. The Labute approximate surface area is 103 Å². The van der Waals surface area contributed by atoms with Gasteiger partial charge in [-0.25, -0.2) is 0 Å². The molecule has 1 heterocycles. The third-order valence-corrected chi connectivity index (χ3v) is 2.19.